The highest BCUT2D eigenvalue weighted by molar-refractivity contribution is 6.31. The van der Waals surface area contributed by atoms with E-state index in [1.165, 1.54) is 16.7 Å². The van der Waals surface area contributed by atoms with E-state index in [0.29, 0.717) is 11.6 Å². The van der Waals surface area contributed by atoms with Gasteiger partial charge in [-0.3, -0.25) is 4.98 Å². The second-order valence-corrected chi connectivity index (χ2v) is 6.19. The normalized spacial score (nSPS) is 17.0. The van der Waals surface area contributed by atoms with Crippen LogP contribution in [-0.2, 0) is 11.3 Å². The van der Waals surface area contributed by atoms with Gasteiger partial charge in [-0.2, -0.15) is 0 Å². The predicted molar refractivity (Wildman–Crippen MR) is 94.5 cm³/mol. The first-order valence-electron chi connectivity index (χ1n) is 7.67. The third-order valence-corrected chi connectivity index (χ3v) is 4.40. The molecule has 1 aliphatic rings. The van der Waals surface area contributed by atoms with Gasteiger partial charge in [-0.1, -0.05) is 42.0 Å². The third kappa shape index (κ3) is 2.65. The topological polar surface area (TPSA) is 22.1 Å². The van der Waals surface area contributed by atoms with E-state index < -0.39 is 0 Å². The Labute approximate surface area is 140 Å². The quantitative estimate of drug-likeness (QED) is 0.618. The van der Waals surface area contributed by atoms with Crippen molar-refractivity contribution in [3.8, 4) is 0 Å². The van der Waals surface area contributed by atoms with Gasteiger partial charge in [0.1, 0.15) is 6.10 Å². The van der Waals surface area contributed by atoms with Gasteiger partial charge >= 0.3 is 0 Å². The van der Waals surface area contributed by atoms with Crippen molar-refractivity contribution in [1.82, 2.24) is 4.98 Å². The highest BCUT2D eigenvalue weighted by Crippen LogP contribution is 2.37. The molecule has 0 saturated heterocycles. The summed E-state index contributed by atoms with van der Waals surface area (Å²) in [4.78, 5) is 4.35. The van der Waals surface area contributed by atoms with Crippen LogP contribution in [0.4, 0.5) is 0 Å². The number of fused-ring (bicyclic) bond motifs is 2. The van der Waals surface area contributed by atoms with Crippen LogP contribution >= 0.6 is 11.6 Å². The van der Waals surface area contributed by atoms with Gasteiger partial charge in [0.05, 0.1) is 17.1 Å². The van der Waals surface area contributed by atoms with E-state index >= 15 is 0 Å². The van der Waals surface area contributed by atoms with Crippen LogP contribution in [0.1, 0.15) is 35.3 Å². The maximum Gasteiger partial charge on any atom is 0.108 e. The van der Waals surface area contributed by atoms with Crippen LogP contribution < -0.4 is 0 Å². The zero-order valence-electron chi connectivity index (χ0n) is 12.8. The van der Waals surface area contributed by atoms with Crippen LogP contribution in [0.3, 0.4) is 0 Å². The molecule has 2 heterocycles. The number of halogens is 1. The fraction of sp³-hybridized carbons (Fsp3) is 0.150. The van der Waals surface area contributed by atoms with E-state index in [9.17, 15) is 0 Å². The summed E-state index contributed by atoms with van der Waals surface area (Å²) in [6.45, 7) is 2.68. The standard InChI is InChI=1S/C20H16ClNO/c1-2-3-13-4-5-15-12-23-20(18(15)8-13)14-6-7-19-16(9-14)10-17(21)11-22-19/h2-11,20H,12H2,1H3/b3-2+. The Balaban J connectivity index is 1.79. The van der Waals surface area contributed by atoms with Crippen LogP contribution in [-0.4, -0.2) is 4.98 Å². The Morgan fingerprint density at radius 2 is 2.09 bits per heavy atom. The van der Waals surface area contributed by atoms with Crippen molar-refractivity contribution in [2.75, 3.05) is 0 Å². The molecule has 1 aromatic heterocycles. The average molecular weight is 322 g/mol. The highest BCUT2D eigenvalue weighted by Gasteiger charge is 2.25. The summed E-state index contributed by atoms with van der Waals surface area (Å²) in [7, 11) is 0. The summed E-state index contributed by atoms with van der Waals surface area (Å²) >= 11 is 6.07. The van der Waals surface area contributed by atoms with Crippen LogP contribution in [0.2, 0.25) is 5.02 Å². The van der Waals surface area contributed by atoms with E-state index in [2.05, 4.69) is 47.5 Å². The molecule has 0 radical (unpaired) electrons. The van der Waals surface area contributed by atoms with Gasteiger partial charge in [0.2, 0.25) is 0 Å². The number of benzene rings is 2. The lowest BCUT2D eigenvalue weighted by atomic mass is 9.96. The minimum absolute atomic E-state index is 0.0291. The van der Waals surface area contributed by atoms with Crippen LogP contribution in [0.25, 0.3) is 17.0 Å². The minimum atomic E-state index is -0.0291. The molecule has 0 spiro atoms. The Morgan fingerprint density at radius 3 is 2.96 bits per heavy atom. The second kappa shape index (κ2) is 5.80. The maximum atomic E-state index is 6.07. The predicted octanol–water partition coefficient (Wildman–Crippen LogP) is 5.54. The summed E-state index contributed by atoms with van der Waals surface area (Å²) < 4.78 is 6.04. The Morgan fingerprint density at radius 1 is 1.17 bits per heavy atom. The number of ether oxygens (including phenoxy) is 1. The molecule has 0 saturated carbocycles. The number of allylic oxidation sites excluding steroid dienone is 1. The molecule has 0 amide bonds. The zero-order chi connectivity index (χ0) is 15.8. The Kier molecular flexibility index (Phi) is 3.64. The average Bonchev–Trinajstić information content (AvgIpc) is 2.97. The van der Waals surface area contributed by atoms with Gasteiger partial charge in [0.25, 0.3) is 0 Å². The lowest BCUT2D eigenvalue weighted by Crippen LogP contribution is -1.99. The van der Waals surface area contributed by atoms with Crippen molar-refractivity contribution in [2.24, 2.45) is 0 Å². The largest absolute Gasteiger partial charge is 0.364 e. The van der Waals surface area contributed by atoms with Gasteiger partial charge in [-0.05, 0) is 53.4 Å². The van der Waals surface area contributed by atoms with E-state index in [4.69, 9.17) is 16.3 Å². The lowest BCUT2D eigenvalue weighted by Gasteiger charge is -2.13. The molecule has 23 heavy (non-hydrogen) atoms. The van der Waals surface area contributed by atoms with Crippen molar-refractivity contribution in [3.05, 3.63) is 82.0 Å². The molecule has 4 rings (SSSR count). The van der Waals surface area contributed by atoms with E-state index in [-0.39, 0.29) is 6.10 Å². The molecule has 3 heteroatoms. The molecule has 114 valence electrons. The maximum absolute atomic E-state index is 6.07. The van der Waals surface area contributed by atoms with Gasteiger partial charge in [0.15, 0.2) is 0 Å². The zero-order valence-corrected chi connectivity index (χ0v) is 13.5. The fourth-order valence-corrected chi connectivity index (χ4v) is 3.28. The first-order valence-corrected chi connectivity index (χ1v) is 8.05. The van der Waals surface area contributed by atoms with Crippen molar-refractivity contribution in [2.45, 2.75) is 19.6 Å². The molecule has 2 aromatic carbocycles. The fourth-order valence-electron chi connectivity index (χ4n) is 3.11. The molecular weight excluding hydrogens is 306 g/mol. The molecule has 1 atom stereocenters. The number of hydrogen-bond donors (Lipinski definition) is 0. The van der Waals surface area contributed by atoms with E-state index in [1.807, 2.05) is 19.1 Å². The van der Waals surface area contributed by atoms with Crippen molar-refractivity contribution in [3.63, 3.8) is 0 Å². The van der Waals surface area contributed by atoms with Crippen molar-refractivity contribution < 1.29 is 4.74 Å². The summed E-state index contributed by atoms with van der Waals surface area (Å²) in [6.07, 6.45) is 5.81. The lowest BCUT2D eigenvalue weighted by molar-refractivity contribution is 0.0940. The van der Waals surface area contributed by atoms with E-state index in [1.54, 1.807) is 6.20 Å². The molecular formula is C20H16ClNO. The van der Waals surface area contributed by atoms with Gasteiger partial charge in [0, 0.05) is 11.6 Å². The summed E-state index contributed by atoms with van der Waals surface area (Å²) in [5.41, 5.74) is 5.78. The molecule has 0 N–H and O–H groups in total. The molecule has 0 bridgehead atoms. The van der Waals surface area contributed by atoms with Gasteiger partial charge < -0.3 is 4.74 Å². The smallest absolute Gasteiger partial charge is 0.108 e. The molecule has 1 aliphatic heterocycles. The molecule has 0 aliphatic carbocycles. The number of pyridine rings is 1. The van der Waals surface area contributed by atoms with Crippen LogP contribution in [0.15, 0.2) is 54.7 Å². The molecule has 3 aromatic rings. The van der Waals surface area contributed by atoms with Gasteiger partial charge in [-0.15, -0.1) is 0 Å². The van der Waals surface area contributed by atoms with Gasteiger partial charge in [-0.25, -0.2) is 0 Å². The Hall–Kier alpha value is -2.16. The third-order valence-electron chi connectivity index (χ3n) is 4.19. The van der Waals surface area contributed by atoms with Crippen LogP contribution in [0.5, 0.6) is 0 Å². The highest BCUT2D eigenvalue weighted by atomic mass is 35.5. The number of nitrogens with zero attached hydrogens (tertiary/aromatic N) is 1. The SMILES string of the molecule is C/C=C/c1ccc2c(c1)C(c1ccc3ncc(Cl)cc3c1)OC2. The van der Waals surface area contributed by atoms with E-state index in [0.717, 1.165) is 16.5 Å². The first-order chi connectivity index (χ1) is 11.2. The van der Waals surface area contributed by atoms with Crippen molar-refractivity contribution >= 4 is 28.6 Å². The number of aromatic nitrogens is 1. The molecule has 1 unspecified atom stereocenters. The Bertz CT molecular complexity index is 917. The first kappa shape index (κ1) is 14.4. The second-order valence-electron chi connectivity index (χ2n) is 5.75. The van der Waals surface area contributed by atoms with Crippen molar-refractivity contribution in [1.29, 1.82) is 0 Å². The number of hydrogen-bond acceptors (Lipinski definition) is 2. The summed E-state index contributed by atoms with van der Waals surface area (Å²) in [5.74, 6) is 0. The molecule has 2 nitrogen and oxygen atoms in total. The molecule has 0 fully saturated rings. The van der Waals surface area contributed by atoms with Crippen LogP contribution in [0, 0.1) is 0 Å². The summed E-state index contributed by atoms with van der Waals surface area (Å²) in [6, 6.07) is 14.7. The minimum Gasteiger partial charge on any atom is -0.364 e. The summed E-state index contributed by atoms with van der Waals surface area (Å²) in [5, 5.41) is 1.69. The monoisotopic (exact) mass is 321 g/mol. The number of rotatable bonds is 2.